The smallest absolute Gasteiger partial charge is 0.325 e. The molecular formula is C25H23N3O3. The quantitative estimate of drug-likeness (QED) is 0.619. The summed E-state index contributed by atoms with van der Waals surface area (Å²) in [7, 11) is 0. The van der Waals surface area contributed by atoms with Gasteiger partial charge in [-0.15, -0.1) is 0 Å². The molecule has 6 nitrogen and oxygen atoms in total. The lowest BCUT2D eigenvalue weighted by Gasteiger charge is -2.24. The molecule has 1 saturated heterocycles. The number of imide groups is 1. The van der Waals surface area contributed by atoms with Crippen LogP contribution in [0, 0.1) is 6.92 Å². The number of rotatable bonds is 5. The minimum atomic E-state index is -1.19. The van der Waals surface area contributed by atoms with Gasteiger partial charge < -0.3 is 10.6 Å². The molecule has 1 unspecified atom stereocenters. The molecule has 1 heterocycles. The molecule has 3 aromatic carbocycles. The van der Waals surface area contributed by atoms with Crippen molar-refractivity contribution >= 4 is 23.5 Å². The molecule has 4 amide bonds. The van der Waals surface area contributed by atoms with Gasteiger partial charge in [-0.2, -0.15) is 0 Å². The van der Waals surface area contributed by atoms with Crippen LogP contribution in [0.2, 0.25) is 0 Å². The lowest BCUT2D eigenvalue weighted by atomic mass is 9.88. The van der Waals surface area contributed by atoms with Crippen molar-refractivity contribution in [2.45, 2.75) is 19.4 Å². The molecule has 1 aliphatic heterocycles. The number of carbonyl (C=O) groups excluding carboxylic acids is 3. The predicted molar refractivity (Wildman–Crippen MR) is 119 cm³/mol. The molecule has 6 heteroatoms. The second kappa shape index (κ2) is 8.07. The fraction of sp³-hybridized carbons (Fsp3) is 0.160. The van der Waals surface area contributed by atoms with E-state index >= 15 is 0 Å². The van der Waals surface area contributed by atoms with Crippen molar-refractivity contribution < 1.29 is 14.4 Å². The number of hydrogen-bond acceptors (Lipinski definition) is 3. The third-order valence-electron chi connectivity index (χ3n) is 5.54. The van der Waals surface area contributed by atoms with Gasteiger partial charge in [-0.3, -0.25) is 14.5 Å². The Morgan fingerprint density at radius 2 is 1.52 bits per heavy atom. The molecule has 3 aromatic rings. The van der Waals surface area contributed by atoms with Gasteiger partial charge in [0.15, 0.2) is 0 Å². The van der Waals surface area contributed by atoms with E-state index < -0.39 is 23.4 Å². The SMILES string of the molecule is Cc1ccccc1C1(C)NC(=O)N(CC(=O)Nc2ccc(-c3ccccc3)cc2)C1=O. The summed E-state index contributed by atoms with van der Waals surface area (Å²) in [6, 6.07) is 24.1. The van der Waals surface area contributed by atoms with Gasteiger partial charge in [-0.1, -0.05) is 66.7 Å². The maximum absolute atomic E-state index is 13.0. The first-order valence-electron chi connectivity index (χ1n) is 10.0. The van der Waals surface area contributed by atoms with Crippen molar-refractivity contribution in [3.63, 3.8) is 0 Å². The Morgan fingerprint density at radius 1 is 0.903 bits per heavy atom. The first-order chi connectivity index (χ1) is 14.9. The number of hydrogen-bond donors (Lipinski definition) is 2. The first kappa shape index (κ1) is 20.3. The van der Waals surface area contributed by atoms with Crippen LogP contribution in [-0.4, -0.2) is 29.3 Å². The highest BCUT2D eigenvalue weighted by Gasteiger charge is 2.49. The van der Waals surface area contributed by atoms with E-state index in [2.05, 4.69) is 10.6 Å². The summed E-state index contributed by atoms with van der Waals surface area (Å²) in [4.78, 5) is 39.0. The molecule has 0 bridgehead atoms. The van der Waals surface area contributed by atoms with Crippen molar-refractivity contribution in [2.75, 3.05) is 11.9 Å². The molecule has 4 rings (SSSR count). The second-order valence-electron chi connectivity index (χ2n) is 7.75. The largest absolute Gasteiger partial charge is 0.325 e. The number of nitrogens with one attached hydrogen (secondary N) is 2. The molecule has 2 N–H and O–H groups in total. The Balaban J connectivity index is 1.45. The van der Waals surface area contributed by atoms with Crippen LogP contribution in [0.15, 0.2) is 78.9 Å². The van der Waals surface area contributed by atoms with E-state index in [9.17, 15) is 14.4 Å². The average molecular weight is 413 g/mol. The molecule has 156 valence electrons. The van der Waals surface area contributed by atoms with Crippen LogP contribution in [0.1, 0.15) is 18.1 Å². The maximum Gasteiger partial charge on any atom is 0.325 e. The normalized spacial score (nSPS) is 18.1. The molecule has 0 aromatic heterocycles. The molecule has 0 spiro atoms. The van der Waals surface area contributed by atoms with Crippen LogP contribution >= 0.6 is 0 Å². The Labute approximate surface area is 180 Å². The lowest BCUT2D eigenvalue weighted by Crippen LogP contribution is -2.42. The third-order valence-corrected chi connectivity index (χ3v) is 5.54. The van der Waals surface area contributed by atoms with E-state index in [-0.39, 0.29) is 6.54 Å². The van der Waals surface area contributed by atoms with E-state index in [0.29, 0.717) is 11.3 Å². The number of urea groups is 1. The zero-order valence-electron chi connectivity index (χ0n) is 17.4. The summed E-state index contributed by atoms with van der Waals surface area (Å²) < 4.78 is 0. The van der Waals surface area contributed by atoms with E-state index in [1.54, 1.807) is 19.1 Å². The van der Waals surface area contributed by atoms with Gasteiger partial charge in [0.25, 0.3) is 5.91 Å². The molecule has 1 atom stereocenters. The summed E-state index contributed by atoms with van der Waals surface area (Å²) in [6.45, 7) is 3.19. The van der Waals surface area contributed by atoms with Gasteiger partial charge in [0, 0.05) is 5.69 Å². The fourth-order valence-electron chi connectivity index (χ4n) is 3.88. The minimum absolute atomic E-state index is 0.355. The van der Waals surface area contributed by atoms with Crippen molar-refractivity contribution in [3.05, 3.63) is 90.0 Å². The summed E-state index contributed by atoms with van der Waals surface area (Å²) in [5, 5.41) is 5.49. The Hall–Kier alpha value is -3.93. The molecule has 1 aliphatic rings. The summed E-state index contributed by atoms with van der Waals surface area (Å²) in [5.74, 6) is -0.883. The van der Waals surface area contributed by atoms with Crippen molar-refractivity contribution in [1.29, 1.82) is 0 Å². The van der Waals surface area contributed by atoms with E-state index in [1.165, 1.54) is 0 Å². The van der Waals surface area contributed by atoms with Crippen LogP contribution in [0.3, 0.4) is 0 Å². The van der Waals surface area contributed by atoms with Gasteiger partial charge in [0.1, 0.15) is 12.1 Å². The Bertz CT molecular complexity index is 1140. The van der Waals surface area contributed by atoms with Crippen molar-refractivity contribution in [1.82, 2.24) is 10.2 Å². The number of aryl methyl sites for hydroxylation is 1. The Kier molecular flexibility index (Phi) is 5.29. The van der Waals surface area contributed by atoms with Crippen LogP contribution in [0.5, 0.6) is 0 Å². The molecular weight excluding hydrogens is 390 g/mol. The highest BCUT2D eigenvalue weighted by atomic mass is 16.2. The number of benzene rings is 3. The number of carbonyl (C=O) groups is 3. The zero-order valence-corrected chi connectivity index (χ0v) is 17.4. The third kappa shape index (κ3) is 3.92. The van der Waals surface area contributed by atoms with Gasteiger partial charge in [-0.25, -0.2) is 4.79 Å². The standard InChI is InChI=1S/C25H23N3O3/c1-17-8-6-7-11-21(17)25(2)23(30)28(24(31)27-25)16-22(29)26-20-14-12-19(13-15-20)18-9-4-3-5-10-18/h3-15H,16H2,1-2H3,(H,26,29)(H,27,31). The number of nitrogens with zero attached hydrogens (tertiary/aromatic N) is 1. The maximum atomic E-state index is 13.0. The number of amides is 4. The molecule has 0 aliphatic carbocycles. The van der Waals surface area contributed by atoms with Gasteiger partial charge >= 0.3 is 6.03 Å². The van der Waals surface area contributed by atoms with E-state index in [0.717, 1.165) is 21.6 Å². The van der Waals surface area contributed by atoms with E-state index in [1.807, 2.05) is 73.7 Å². The second-order valence-corrected chi connectivity index (χ2v) is 7.75. The van der Waals surface area contributed by atoms with Gasteiger partial charge in [-0.05, 0) is 48.2 Å². The fourth-order valence-corrected chi connectivity index (χ4v) is 3.88. The summed E-state index contributed by atoms with van der Waals surface area (Å²) in [5.41, 5.74) is 3.12. The highest BCUT2D eigenvalue weighted by Crippen LogP contribution is 2.31. The highest BCUT2D eigenvalue weighted by molar-refractivity contribution is 6.10. The van der Waals surface area contributed by atoms with Gasteiger partial charge in [0.05, 0.1) is 0 Å². The van der Waals surface area contributed by atoms with Crippen LogP contribution in [0.25, 0.3) is 11.1 Å². The van der Waals surface area contributed by atoms with Crippen LogP contribution in [0.4, 0.5) is 10.5 Å². The number of anilines is 1. The molecule has 31 heavy (non-hydrogen) atoms. The summed E-state index contributed by atoms with van der Waals surface area (Å²) in [6.07, 6.45) is 0. The van der Waals surface area contributed by atoms with Crippen LogP contribution < -0.4 is 10.6 Å². The molecule has 0 saturated carbocycles. The summed E-state index contributed by atoms with van der Waals surface area (Å²) >= 11 is 0. The van der Waals surface area contributed by atoms with Crippen molar-refractivity contribution in [3.8, 4) is 11.1 Å². The predicted octanol–water partition coefficient (Wildman–Crippen LogP) is 4.07. The lowest BCUT2D eigenvalue weighted by molar-refractivity contribution is -0.133. The molecule has 0 radical (unpaired) electrons. The first-order valence-corrected chi connectivity index (χ1v) is 10.0. The Morgan fingerprint density at radius 3 is 2.19 bits per heavy atom. The minimum Gasteiger partial charge on any atom is -0.325 e. The zero-order chi connectivity index (χ0) is 22.0. The van der Waals surface area contributed by atoms with E-state index in [4.69, 9.17) is 0 Å². The topological polar surface area (TPSA) is 78.5 Å². The average Bonchev–Trinajstić information content (AvgIpc) is 2.99. The van der Waals surface area contributed by atoms with Crippen LogP contribution in [-0.2, 0) is 15.1 Å². The molecule has 1 fully saturated rings. The monoisotopic (exact) mass is 413 g/mol. The van der Waals surface area contributed by atoms with Gasteiger partial charge in [0.2, 0.25) is 5.91 Å². The van der Waals surface area contributed by atoms with Crippen molar-refractivity contribution in [2.24, 2.45) is 0 Å².